The maximum Gasteiger partial charge on any atom is 0.0158 e. The molecule has 0 aliphatic carbocycles. The number of hydrogen-bond acceptors (Lipinski definition) is 3. The quantitative estimate of drug-likeness (QED) is 0.693. The first kappa shape index (κ1) is 14.3. The van der Waals surface area contributed by atoms with E-state index in [4.69, 9.17) is 0 Å². The van der Waals surface area contributed by atoms with Gasteiger partial charge in [-0.1, -0.05) is 13.8 Å². The van der Waals surface area contributed by atoms with Crippen LogP contribution >= 0.6 is 11.8 Å². The highest BCUT2D eigenvalue weighted by Crippen LogP contribution is 2.16. The number of thioether (sulfide) groups is 1. The fourth-order valence-electron chi connectivity index (χ4n) is 2.05. The van der Waals surface area contributed by atoms with Crippen LogP contribution in [-0.4, -0.2) is 48.6 Å². The zero-order valence-electron chi connectivity index (χ0n) is 11.2. The normalized spacial score (nSPS) is 22.9. The topological polar surface area (TPSA) is 15.3 Å². The first-order valence-electron chi connectivity index (χ1n) is 6.72. The second-order valence-electron chi connectivity index (χ2n) is 5.26. The highest BCUT2D eigenvalue weighted by Gasteiger charge is 2.17. The lowest BCUT2D eigenvalue weighted by molar-refractivity contribution is 0.228. The van der Waals surface area contributed by atoms with Gasteiger partial charge in [-0.25, -0.2) is 0 Å². The monoisotopic (exact) mass is 244 g/mol. The summed E-state index contributed by atoms with van der Waals surface area (Å²) < 4.78 is 0. The summed E-state index contributed by atoms with van der Waals surface area (Å²) in [5, 5.41) is 3.51. The van der Waals surface area contributed by atoms with Crippen LogP contribution in [0.15, 0.2) is 0 Å². The molecule has 1 atom stereocenters. The first-order valence-corrected chi connectivity index (χ1v) is 7.88. The van der Waals surface area contributed by atoms with Gasteiger partial charge in [-0.3, -0.25) is 4.90 Å². The molecule has 3 heteroatoms. The Morgan fingerprint density at radius 2 is 2.19 bits per heavy atom. The standard InChI is InChI=1S/C13H28N2S/c1-12(2)10-14-6-4-5-7-15-8-9-16-11-13(15)3/h12-14H,4-11H2,1-3H3. The van der Waals surface area contributed by atoms with Gasteiger partial charge in [0.15, 0.2) is 0 Å². The summed E-state index contributed by atoms with van der Waals surface area (Å²) in [6.07, 6.45) is 2.67. The van der Waals surface area contributed by atoms with E-state index < -0.39 is 0 Å². The van der Waals surface area contributed by atoms with Crippen molar-refractivity contribution in [2.24, 2.45) is 5.92 Å². The van der Waals surface area contributed by atoms with E-state index in [1.54, 1.807) is 0 Å². The first-order chi connectivity index (χ1) is 7.70. The molecule has 2 nitrogen and oxygen atoms in total. The Hall–Kier alpha value is 0.270. The van der Waals surface area contributed by atoms with Gasteiger partial charge in [0.1, 0.15) is 0 Å². The number of nitrogens with zero attached hydrogens (tertiary/aromatic N) is 1. The van der Waals surface area contributed by atoms with Crippen LogP contribution in [0.3, 0.4) is 0 Å². The van der Waals surface area contributed by atoms with Crippen molar-refractivity contribution in [3.63, 3.8) is 0 Å². The van der Waals surface area contributed by atoms with Gasteiger partial charge in [0.05, 0.1) is 0 Å². The van der Waals surface area contributed by atoms with Crippen LogP contribution in [0.1, 0.15) is 33.6 Å². The Morgan fingerprint density at radius 3 is 2.88 bits per heavy atom. The molecule has 0 bridgehead atoms. The maximum atomic E-state index is 3.51. The Labute approximate surface area is 106 Å². The minimum absolute atomic E-state index is 0.777. The van der Waals surface area contributed by atoms with Crippen LogP contribution in [0, 0.1) is 5.92 Å². The summed E-state index contributed by atoms with van der Waals surface area (Å²) in [4.78, 5) is 2.65. The highest BCUT2D eigenvalue weighted by molar-refractivity contribution is 7.99. The van der Waals surface area contributed by atoms with Gasteiger partial charge in [-0.15, -0.1) is 0 Å². The molecule has 0 aromatic carbocycles. The zero-order chi connectivity index (χ0) is 11.8. The highest BCUT2D eigenvalue weighted by atomic mass is 32.2. The zero-order valence-corrected chi connectivity index (χ0v) is 12.0. The predicted octanol–water partition coefficient (Wildman–Crippen LogP) is 2.45. The van der Waals surface area contributed by atoms with E-state index in [0.29, 0.717) is 0 Å². The lowest BCUT2D eigenvalue weighted by atomic mass is 10.2. The van der Waals surface area contributed by atoms with Crippen LogP contribution in [0.4, 0.5) is 0 Å². The van der Waals surface area contributed by atoms with Gasteiger partial charge in [-0.05, 0) is 45.3 Å². The van der Waals surface area contributed by atoms with Gasteiger partial charge >= 0.3 is 0 Å². The third-order valence-electron chi connectivity index (χ3n) is 3.11. The van der Waals surface area contributed by atoms with Crippen molar-refractivity contribution in [1.29, 1.82) is 0 Å². The third-order valence-corrected chi connectivity index (χ3v) is 4.30. The molecule has 0 amide bonds. The minimum Gasteiger partial charge on any atom is -0.316 e. The van der Waals surface area contributed by atoms with Crippen LogP contribution in [0.2, 0.25) is 0 Å². The lowest BCUT2D eigenvalue weighted by Gasteiger charge is -2.32. The molecule has 0 radical (unpaired) electrons. The summed E-state index contributed by atoms with van der Waals surface area (Å²) >= 11 is 2.10. The molecule has 1 saturated heterocycles. The largest absolute Gasteiger partial charge is 0.316 e. The molecule has 0 spiro atoms. The SMILES string of the molecule is CC(C)CNCCCCN1CCSCC1C. The molecule has 16 heavy (non-hydrogen) atoms. The smallest absolute Gasteiger partial charge is 0.0158 e. The summed E-state index contributed by atoms with van der Waals surface area (Å²) in [5.41, 5.74) is 0. The summed E-state index contributed by atoms with van der Waals surface area (Å²) in [5.74, 6) is 3.43. The van der Waals surface area contributed by atoms with E-state index in [1.807, 2.05) is 0 Å². The molecular formula is C13H28N2S. The molecule has 1 N–H and O–H groups in total. The summed E-state index contributed by atoms with van der Waals surface area (Å²) in [7, 11) is 0. The van der Waals surface area contributed by atoms with Crippen molar-refractivity contribution in [2.75, 3.05) is 37.7 Å². The minimum atomic E-state index is 0.777. The van der Waals surface area contributed by atoms with Crippen molar-refractivity contribution in [3.8, 4) is 0 Å². The third kappa shape index (κ3) is 6.12. The van der Waals surface area contributed by atoms with E-state index in [-0.39, 0.29) is 0 Å². The van der Waals surface area contributed by atoms with Crippen molar-refractivity contribution in [3.05, 3.63) is 0 Å². The van der Waals surface area contributed by atoms with Crippen LogP contribution in [-0.2, 0) is 0 Å². The average molecular weight is 244 g/mol. The Bertz CT molecular complexity index is 173. The van der Waals surface area contributed by atoms with Crippen molar-refractivity contribution >= 4 is 11.8 Å². The van der Waals surface area contributed by atoms with E-state index in [2.05, 4.69) is 42.7 Å². The number of nitrogens with one attached hydrogen (secondary N) is 1. The second-order valence-corrected chi connectivity index (χ2v) is 6.41. The molecule has 0 aromatic heterocycles. The average Bonchev–Trinajstić information content (AvgIpc) is 2.25. The Balaban J connectivity index is 1.94. The fraction of sp³-hybridized carbons (Fsp3) is 1.00. The van der Waals surface area contributed by atoms with Crippen LogP contribution in [0.25, 0.3) is 0 Å². The van der Waals surface area contributed by atoms with E-state index in [1.165, 1.54) is 44.0 Å². The van der Waals surface area contributed by atoms with Crippen LogP contribution in [0.5, 0.6) is 0 Å². The molecule has 1 rings (SSSR count). The summed E-state index contributed by atoms with van der Waals surface area (Å²) in [6.45, 7) is 11.8. The van der Waals surface area contributed by atoms with E-state index in [9.17, 15) is 0 Å². The number of rotatable bonds is 7. The van der Waals surface area contributed by atoms with Gasteiger partial charge < -0.3 is 5.32 Å². The molecule has 1 fully saturated rings. The van der Waals surface area contributed by atoms with Gasteiger partial charge in [0, 0.05) is 24.1 Å². The summed E-state index contributed by atoms with van der Waals surface area (Å²) in [6, 6.07) is 0.794. The lowest BCUT2D eigenvalue weighted by Crippen LogP contribution is -2.40. The van der Waals surface area contributed by atoms with Crippen LogP contribution < -0.4 is 5.32 Å². The molecule has 0 aromatic rings. The van der Waals surface area contributed by atoms with E-state index in [0.717, 1.165) is 18.5 Å². The Morgan fingerprint density at radius 1 is 1.38 bits per heavy atom. The molecule has 0 saturated carbocycles. The molecule has 1 heterocycles. The molecule has 96 valence electrons. The van der Waals surface area contributed by atoms with E-state index >= 15 is 0 Å². The number of unbranched alkanes of at least 4 members (excludes halogenated alkanes) is 1. The molecular weight excluding hydrogens is 216 g/mol. The predicted molar refractivity (Wildman–Crippen MR) is 75.3 cm³/mol. The molecule has 1 aliphatic rings. The van der Waals surface area contributed by atoms with Crippen molar-refractivity contribution < 1.29 is 0 Å². The fourth-order valence-corrected chi connectivity index (χ4v) is 3.13. The van der Waals surface area contributed by atoms with Gasteiger partial charge in [0.25, 0.3) is 0 Å². The maximum absolute atomic E-state index is 3.51. The van der Waals surface area contributed by atoms with Gasteiger partial charge in [0.2, 0.25) is 0 Å². The van der Waals surface area contributed by atoms with Crippen molar-refractivity contribution in [2.45, 2.75) is 39.7 Å². The second kappa shape index (κ2) is 8.37. The Kier molecular flexibility index (Phi) is 7.50. The molecule has 1 aliphatic heterocycles. The van der Waals surface area contributed by atoms with Gasteiger partial charge in [-0.2, -0.15) is 11.8 Å². The number of hydrogen-bond donors (Lipinski definition) is 1. The van der Waals surface area contributed by atoms with Crippen molar-refractivity contribution in [1.82, 2.24) is 10.2 Å². The molecule has 1 unspecified atom stereocenters.